The van der Waals surface area contributed by atoms with E-state index in [2.05, 4.69) is 5.32 Å². The Balaban J connectivity index is 1.70. The van der Waals surface area contributed by atoms with Crippen molar-refractivity contribution in [2.45, 2.75) is 18.6 Å². The molecule has 2 amide bonds. The van der Waals surface area contributed by atoms with Gasteiger partial charge in [-0.3, -0.25) is 0 Å². The average Bonchev–Trinajstić information content (AvgIpc) is 2.99. The van der Waals surface area contributed by atoms with Crippen molar-refractivity contribution in [2.75, 3.05) is 11.9 Å². The first kappa shape index (κ1) is 16.0. The number of nitrogens with zero attached hydrogens (tertiary/aromatic N) is 1. The highest BCUT2D eigenvalue weighted by Gasteiger charge is 2.38. The number of aliphatic hydroxyl groups is 1. The summed E-state index contributed by atoms with van der Waals surface area (Å²) in [6.45, 7) is 0.0187. The molecule has 3 rings (SSSR count). The molecule has 1 aliphatic rings. The smallest absolute Gasteiger partial charge is 0.326 e. The number of likely N-dealkylation sites (tertiary alicyclic amines) is 1. The van der Waals surface area contributed by atoms with E-state index < -0.39 is 24.1 Å². The fourth-order valence-electron chi connectivity index (χ4n) is 2.84. The molecule has 1 fully saturated rings. The van der Waals surface area contributed by atoms with Gasteiger partial charge in [-0.2, -0.15) is 0 Å². The third kappa shape index (κ3) is 3.38. The first-order valence-corrected chi connectivity index (χ1v) is 7.68. The predicted octanol–water partition coefficient (Wildman–Crippen LogP) is 2.41. The second kappa shape index (κ2) is 6.72. The zero-order chi connectivity index (χ0) is 17.1. The van der Waals surface area contributed by atoms with Gasteiger partial charge < -0.3 is 20.4 Å². The first-order valence-electron chi connectivity index (χ1n) is 7.68. The van der Waals surface area contributed by atoms with E-state index >= 15 is 0 Å². The number of urea groups is 1. The maximum absolute atomic E-state index is 12.3. The summed E-state index contributed by atoms with van der Waals surface area (Å²) in [4.78, 5) is 24.6. The number of carbonyl (C=O) groups excluding carboxylic acids is 1. The molecule has 0 aromatic heterocycles. The van der Waals surface area contributed by atoms with Gasteiger partial charge >= 0.3 is 12.0 Å². The molecule has 2 atom stereocenters. The molecular formula is C18H18N2O4. The van der Waals surface area contributed by atoms with Crippen LogP contribution in [0.1, 0.15) is 6.42 Å². The number of hydrogen-bond donors (Lipinski definition) is 3. The van der Waals surface area contributed by atoms with E-state index in [9.17, 15) is 14.7 Å². The third-order valence-corrected chi connectivity index (χ3v) is 4.07. The average molecular weight is 326 g/mol. The van der Waals surface area contributed by atoms with E-state index in [0.717, 1.165) is 16.0 Å². The monoisotopic (exact) mass is 326 g/mol. The zero-order valence-corrected chi connectivity index (χ0v) is 12.9. The SMILES string of the molecule is O=C(O)C1CC(O)CN1C(=O)Nc1ccc(-c2ccccc2)cc1. The largest absolute Gasteiger partial charge is 0.480 e. The third-order valence-electron chi connectivity index (χ3n) is 4.07. The number of benzene rings is 2. The van der Waals surface area contributed by atoms with Gasteiger partial charge in [0.25, 0.3) is 0 Å². The van der Waals surface area contributed by atoms with Crippen LogP contribution in [0.25, 0.3) is 11.1 Å². The molecule has 0 bridgehead atoms. The molecule has 2 aromatic carbocycles. The van der Waals surface area contributed by atoms with E-state index in [0.29, 0.717) is 5.69 Å². The van der Waals surface area contributed by atoms with Crippen LogP contribution in [0.4, 0.5) is 10.5 Å². The molecule has 0 saturated carbocycles. The minimum Gasteiger partial charge on any atom is -0.480 e. The Bertz CT molecular complexity index is 730. The van der Waals surface area contributed by atoms with E-state index in [4.69, 9.17) is 5.11 Å². The van der Waals surface area contributed by atoms with E-state index in [1.165, 1.54) is 0 Å². The number of hydrogen-bond acceptors (Lipinski definition) is 3. The lowest BCUT2D eigenvalue weighted by Crippen LogP contribution is -2.43. The summed E-state index contributed by atoms with van der Waals surface area (Å²) in [5.74, 6) is -1.11. The van der Waals surface area contributed by atoms with Crippen LogP contribution >= 0.6 is 0 Å². The molecule has 24 heavy (non-hydrogen) atoms. The summed E-state index contributed by atoms with van der Waals surface area (Å²) in [7, 11) is 0. The normalized spacial score (nSPS) is 20.0. The maximum atomic E-state index is 12.3. The van der Waals surface area contributed by atoms with Crippen LogP contribution in [0.2, 0.25) is 0 Å². The molecule has 0 aliphatic carbocycles. The number of aliphatic hydroxyl groups excluding tert-OH is 1. The summed E-state index contributed by atoms with van der Waals surface area (Å²) >= 11 is 0. The first-order chi connectivity index (χ1) is 11.5. The van der Waals surface area contributed by atoms with Gasteiger partial charge in [0.1, 0.15) is 6.04 Å². The second-order valence-corrected chi connectivity index (χ2v) is 5.77. The molecule has 1 saturated heterocycles. The summed E-state index contributed by atoms with van der Waals surface area (Å²) in [6.07, 6.45) is -0.757. The van der Waals surface area contributed by atoms with Gasteiger partial charge in [-0.25, -0.2) is 9.59 Å². The summed E-state index contributed by atoms with van der Waals surface area (Å²) in [5, 5.41) is 21.4. The molecule has 0 spiro atoms. The van der Waals surface area contributed by atoms with Crippen molar-refractivity contribution in [1.82, 2.24) is 4.90 Å². The highest BCUT2D eigenvalue weighted by Crippen LogP contribution is 2.23. The van der Waals surface area contributed by atoms with Gasteiger partial charge in [-0.1, -0.05) is 42.5 Å². The molecule has 124 valence electrons. The van der Waals surface area contributed by atoms with Crippen molar-refractivity contribution in [1.29, 1.82) is 0 Å². The molecule has 6 nitrogen and oxygen atoms in total. The zero-order valence-electron chi connectivity index (χ0n) is 12.9. The lowest BCUT2D eigenvalue weighted by Gasteiger charge is -2.21. The van der Waals surface area contributed by atoms with Gasteiger partial charge in [0.05, 0.1) is 6.10 Å². The Morgan fingerprint density at radius 1 is 1.00 bits per heavy atom. The predicted molar refractivity (Wildman–Crippen MR) is 89.7 cm³/mol. The number of carboxylic acids is 1. The number of rotatable bonds is 3. The van der Waals surface area contributed by atoms with Crippen LogP contribution in [-0.2, 0) is 4.79 Å². The second-order valence-electron chi connectivity index (χ2n) is 5.77. The highest BCUT2D eigenvalue weighted by molar-refractivity contribution is 5.93. The van der Waals surface area contributed by atoms with Crippen LogP contribution in [0.3, 0.4) is 0 Å². The van der Waals surface area contributed by atoms with Crippen molar-refractivity contribution in [3.05, 3.63) is 54.6 Å². The molecule has 1 aliphatic heterocycles. The van der Waals surface area contributed by atoms with Crippen LogP contribution < -0.4 is 5.32 Å². The Morgan fingerprint density at radius 2 is 1.62 bits per heavy atom. The number of anilines is 1. The molecule has 1 heterocycles. The van der Waals surface area contributed by atoms with Gasteiger partial charge in [-0.15, -0.1) is 0 Å². The minimum absolute atomic E-state index is 0.0187. The fraction of sp³-hybridized carbons (Fsp3) is 0.222. The Labute approximate surface area is 139 Å². The van der Waals surface area contributed by atoms with Crippen molar-refractivity contribution in [3.63, 3.8) is 0 Å². The summed E-state index contributed by atoms with van der Waals surface area (Å²) in [6, 6.07) is 15.6. The van der Waals surface area contributed by atoms with Gasteiger partial charge in [-0.05, 0) is 23.3 Å². The van der Waals surface area contributed by atoms with E-state index in [-0.39, 0.29) is 13.0 Å². The van der Waals surface area contributed by atoms with Crippen molar-refractivity contribution >= 4 is 17.7 Å². The fourth-order valence-corrected chi connectivity index (χ4v) is 2.84. The molecule has 0 radical (unpaired) electrons. The van der Waals surface area contributed by atoms with Crippen LogP contribution in [0, 0.1) is 0 Å². The summed E-state index contributed by atoms with van der Waals surface area (Å²) < 4.78 is 0. The van der Waals surface area contributed by atoms with Gasteiger partial charge in [0.15, 0.2) is 0 Å². The van der Waals surface area contributed by atoms with Crippen LogP contribution in [0.15, 0.2) is 54.6 Å². The van der Waals surface area contributed by atoms with Crippen LogP contribution in [-0.4, -0.2) is 45.8 Å². The van der Waals surface area contributed by atoms with Crippen molar-refractivity contribution < 1.29 is 19.8 Å². The quantitative estimate of drug-likeness (QED) is 0.808. The molecule has 2 aromatic rings. The van der Waals surface area contributed by atoms with E-state index in [1.807, 2.05) is 42.5 Å². The Kier molecular flexibility index (Phi) is 4.48. The Hall–Kier alpha value is -2.86. The number of carboxylic acid groups (broad SMARTS) is 1. The van der Waals surface area contributed by atoms with Crippen molar-refractivity contribution in [2.24, 2.45) is 0 Å². The molecule has 6 heteroatoms. The standard InChI is InChI=1S/C18H18N2O4/c21-15-10-16(17(22)23)20(11-15)18(24)19-14-8-6-13(7-9-14)12-4-2-1-3-5-12/h1-9,15-16,21H,10-11H2,(H,19,24)(H,22,23). The topological polar surface area (TPSA) is 89.9 Å². The molecular weight excluding hydrogens is 308 g/mol. The molecule has 3 N–H and O–H groups in total. The number of amides is 2. The van der Waals surface area contributed by atoms with E-state index in [1.54, 1.807) is 12.1 Å². The van der Waals surface area contributed by atoms with Gasteiger partial charge in [0, 0.05) is 18.7 Å². The van der Waals surface area contributed by atoms with Crippen molar-refractivity contribution in [3.8, 4) is 11.1 Å². The number of carbonyl (C=O) groups is 2. The highest BCUT2D eigenvalue weighted by atomic mass is 16.4. The lowest BCUT2D eigenvalue weighted by atomic mass is 10.1. The number of β-amino-alcohol motifs (C(OH)–C–C–N with tert-alkyl or cyclic N) is 1. The summed E-state index contributed by atoms with van der Waals surface area (Å²) in [5.41, 5.74) is 2.67. The Morgan fingerprint density at radius 3 is 2.25 bits per heavy atom. The lowest BCUT2D eigenvalue weighted by molar-refractivity contribution is -0.141. The number of nitrogens with one attached hydrogen (secondary N) is 1. The maximum Gasteiger partial charge on any atom is 0.326 e. The van der Waals surface area contributed by atoms with Crippen LogP contribution in [0.5, 0.6) is 0 Å². The minimum atomic E-state index is -1.11. The molecule has 2 unspecified atom stereocenters. The number of aliphatic carboxylic acids is 1. The van der Waals surface area contributed by atoms with Gasteiger partial charge in [0.2, 0.25) is 0 Å².